The van der Waals surface area contributed by atoms with Gasteiger partial charge in [-0.25, -0.2) is 9.97 Å². The number of hydrogen-bond acceptors (Lipinski definition) is 25. The van der Waals surface area contributed by atoms with Crippen LogP contribution in [0.2, 0.25) is 0 Å². The molecule has 35 heteroatoms. The van der Waals surface area contributed by atoms with Gasteiger partial charge in [0.2, 0.25) is 41.3 Å². The number of piperidine rings is 6. The molecule has 7 saturated carbocycles. The zero-order chi connectivity index (χ0) is 99.1. The monoisotopic (exact) mass is 1940 g/mol. The molecule has 23 rings (SSSR count). The fourth-order valence-electron chi connectivity index (χ4n) is 21.5. The predicted octanol–water partition coefficient (Wildman–Crippen LogP) is 10.1. The van der Waals surface area contributed by atoms with Crippen LogP contribution in [0.15, 0.2) is 170 Å². The third-order valence-corrected chi connectivity index (χ3v) is 29.5. The first-order valence-corrected chi connectivity index (χ1v) is 49.8. The molecule has 6 aliphatic heterocycles. The van der Waals surface area contributed by atoms with Crippen molar-refractivity contribution in [3.05, 3.63) is 176 Å². The highest BCUT2D eigenvalue weighted by atomic mass is 19.4. The number of rotatable bonds is 31. The second-order valence-electron chi connectivity index (χ2n) is 44.3. The van der Waals surface area contributed by atoms with Gasteiger partial charge in [0, 0.05) is 101 Å². The number of para-hydroxylation sites is 1. The number of fused-ring (bicyclic) bond motifs is 10. The second-order valence-corrected chi connectivity index (χ2v) is 44.3. The van der Waals surface area contributed by atoms with E-state index in [4.69, 9.17) is 32.9 Å². The summed E-state index contributed by atoms with van der Waals surface area (Å²) in [4.78, 5) is 95.1. The zero-order valence-electron chi connectivity index (χ0n) is 82.3. The van der Waals surface area contributed by atoms with Gasteiger partial charge in [-0.05, 0) is 310 Å². The molecule has 0 spiro atoms. The Morgan fingerprint density at radius 2 is 0.709 bits per heavy atom. The Balaban J connectivity index is 0.000000112. The molecule has 6 saturated heterocycles. The van der Waals surface area contributed by atoms with Gasteiger partial charge in [0.1, 0.15) is 62.5 Å². The Hall–Kier alpha value is -11.9. The summed E-state index contributed by atoms with van der Waals surface area (Å²) in [7, 11) is 0. The Morgan fingerprint density at radius 3 is 1.15 bits per heavy atom. The average molecular weight is 1940 g/mol. The number of pyridine rings is 5. The molecule has 752 valence electrons. The van der Waals surface area contributed by atoms with Gasteiger partial charge in [0.05, 0.1) is 57.2 Å². The summed E-state index contributed by atoms with van der Waals surface area (Å²) in [6, 6.07) is 32.3. The smallest absolute Gasteiger partial charge is 0.420 e. The minimum atomic E-state index is -4.51. The van der Waals surface area contributed by atoms with Crippen molar-refractivity contribution >= 4 is 73.6 Å². The van der Waals surface area contributed by atoms with Crippen molar-refractivity contribution < 1.29 is 74.9 Å². The molecule has 13 aliphatic rings. The highest BCUT2D eigenvalue weighted by molar-refractivity contribution is 5.90. The van der Waals surface area contributed by atoms with Gasteiger partial charge in [-0.15, -0.1) is 0 Å². The molecule has 3 aromatic carbocycles. The molecule has 141 heavy (non-hydrogen) atoms. The molecular formula is C106H134F3N19O13. The number of carbonyl (C=O) groups is 6. The number of benzene rings is 3. The van der Waals surface area contributed by atoms with Crippen LogP contribution in [0.4, 0.5) is 13.2 Å². The van der Waals surface area contributed by atoms with E-state index in [1.54, 1.807) is 38.6 Å². The number of aromatic nitrogens is 7. The van der Waals surface area contributed by atoms with Crippen LogP contribution < -0.4 is 92.2 Å². The molecule has 13 fully saturated rings. The number of imidazole rings is 1. The van der Waals surface area contributed by atoms with Crippen molar-refractivity contribution in [1.82, 2.24) is 98.3 Å². The maximum atomic E-state index is 12.9. The van der Waals surface area contributed by atoms with Crippen LogP contribution in [0.25, 0.3) is 38.2 Å². The van der Waals surface area contributed by atoms with Crippen LogP contribution >= 0.6 is 0 Å². The number of ether oxygens (including phenoxy) is 6. The lowest BCUT2D eigenvalue weighted by molar-refractivity contribution is -0.139. The number of amides is 6. The first kappa shape index (κ1) is 99.3. The van der Waals surface area contributed by atoms with Crippen LogP contribution in [0.3, 0.4) is 0 Å². The fourth-order valence-corrected chi connectivity index (χ4v) is 21.5. The SMILES string of the molecule is CC(C)(COc1cccn2ccnc12)NC(=O)C1[C@H]2CNC[C@@H]12.CC(C)(COc1cncc2ccccc12)NC(=O)C1[C@H]2CNC[C@@H]12.CC(C)(COc1cnccc1C(F)(F)F)NC(=O)C1[C@H]2CNC[C@@H]12.CC(C)(COc1cnccc1C1CC1)NC(=O)C1[C@H]2CNC[C@@H]12.CC(C)(COc1nccc2ccccc12)NC(=O)C1[C@H]2CNC[C@@H]12.CC(C)(COc1noc2ccccc12)NC(=O)C1[C@H]2CNC[C@@H]12. The standard InChI is InChI=1S/2C19H23N3O2.C18H25N3O2.C17H22N4O2.C17H21N3O3.C16H20F3N3O2/c1-19(2,22-18(23)17-14-8-21-9-15(14)17)11-24-16-10-20-7-12-5-3-4-6-13(12)16;1-19(2,22-17(23)16-14-9-20-10-15(14)16)11-24-18-13-6-4-3-5-12(13)7-8-21-18;1-18(2,21-17(22)16-13-7-20-8-14(13)16)10-23-15-9-19-6-5-12(15)11-3-4-11;1-17(2,20-16(22)14-11-8-18-9-12(11)14)10-23-13-4-3-6-21-7-5-19-15(13)21;1-17(2,19-15(21)14-11-7-18-8-12(11)14)9-22-16-10-5-3-4-6-13(10)23-20-16;1-15(2,22-14(23)13-9-5-21-6-10(9)13)8-24-12-7-20-4-3-11(12)16(17,18)19/h3-7,10,14-15,17,21H,8-9,11H2,1-2H3,(H,22,23);3-8,14-16,20H,9-11H2,1-2H3,(H,22,23);5-6,9,11,13-14,16,20H,3-4,7-8,10H2,1-2H3,(H,21,22);3-7,11-12,14,18H,8-10H2,1-2H3,(H,20,22);3-6,11-12,14,18H,7-9H2,1-2H3,(H,19,21);3-4,7,9-10,13,21H,5-6,8H2,1-2H3,(H,22,23)/t14-,15+,17?;14-,15+,16?;13-,14+,16?;2*11-,12+,14?;9-,10+,13?. The Bertz CT molecular complexity index is 5960. The lowest BCUT2D eigenvalue weighted by atomic mass is 10.1. The first-order chi connectivity index (χ1) is 67.4. The molecule has 12 N–H and O–H groups in total. The lowest BCUT2D eigenvalue weighted by Crippen LogP contribution is -2.49. The van der Waals surface area contributed by atoms with Gasteiger partial charge in [0.25, 0.3) is 5.88 Å². The fraction of sp³-hybridized carbons (Fsp3) is 0.547. The second kappa shape index (κ2) is 40.8. The molecule has 13 heterocycles. The minimum Gasteiger partial charge on any atom is -0.489 e. The third kappa shape index (κ3) is 24.0. The maximum Gasteiger partial charge on any atom is 0.420 e. The molecular weight excluding hydrogens is 1800 g/mol. The van der Waals surface area contributed by atoms with E-state index in [9.17, 15) is 41.9 Å². The van der Waals surface area contributed by atoms with Crippen molar-refractivity contribution in [2.24, 2.45) is 107 Å². The number of alkyl halides is 3. The molecule has 0 bridgehead atoms. The van der Waals surface area contributed by atoms with Crippen molar-refractivity contribution in [3.63, 3.8) is 0 Å². The minimum absolute atomic E-state index is 0.00894. The van der Waals surface area contributed by atoms with Gasteiger partial charge in [0.15, 0.2) is 17.0 Å². The van der Waals surface area contributed by atoms with E-state index in [-0.39, 0.29) is 88.8 Å². The van der Waals surface area contributed by atoms with Crippen molar-refractivity contribution in [1.29, 1.82) is 0 Å². The molecule has 18 atom stereocenters. The summed E-state index contributed by atoms with van der Waals surface area (Å²) >= 11 is 0. The number of nitrogens with one attached hydrogen (secondary N) is 12. The molecule has 7 aromatic heterocycles. The van der Waals surface area contributed by atoms with Crippen LogP contribution in [0.1, 0.15) is 113 Å². The topological polar surface area (TPSA) is 397 Å². The van der Waals surface area contributed by atoms with Gasteiger partial charge in [-0.3, -0.25) is 43.7 Å². The van der Waals surface area contributed by atoms with E-state index < -0.39 is 39.4 Å². The van der Waals surface area contributed by atoms with Crippen molar-refractivity contribution in [2.75, 3.05) is 118 Å². The summed E-state index contributed by atoms with van der Waals surface area (Å²) in [5, 5.41) is 47.4. The predicted molar refractivity (Wildman–Crippen MR) is 524 cm³/mol. The van der Waals surface area contributed by atoms with Gasteiger partial charge >= 0.3 is 6.18 Å². The number of nitrogens with zero attached hydrogens (tertiary/aromatic N) is 7. The maximum absolute atomic E-state index is 12.9. The molecule has 10 aromatic rings. The van der Waals surface area contributed by atoms with Crippen LogP contribution in [0, 0.1) is 107 Å². The Morgan fingerprint density at radius 1 is 0.348 bits per heavy atom. The van der Waals surface area contributed by atoms with E-state index in [1.807, 2.05) is 189 Å². The molecule has 0 radical (unpaired) electrons. The highest BCUT2D eigenvalue weighted by Gasteiger charge is 2.62. The summed E-state index contributed by atoms with van der Waals surface area (Å²) in [5.74, 6) is 11.5. The average Bonchev–Trinajstić information content (AvgIpc) is 1.61. The van der Waals surface area contributed by atoms with E-state index in [1.165, 1.54) is 18.4 Å². The van der Waals surface area contributed by atoms with E-state index in [2.05, 4.69) is 99.9 Å². The molecule has 6 unspecified atom stereocenters. The van der Waals surface area contributed by atoms with E-state index in [0.717, 1.165) is 147 Å². The summed E-state index contributed by atoms with van der Waals surface area (Å²) < 4.78 is 80.9. The van der Waals surface area contributed by atoms with Crippen LogP contribution in [0.5, 0.6) is 34.8 Å². The number of carbonyl (C=O) groups excluding carboxylic acids is 6. The quantitative estimate of drug-likeness (QED) is 0.0192. The van der Waals surface area contributed by atoms with Gasteiger partial charge < -0.3 is 101 Å². The lowest BCUT2D eigenvalue weighted by Gasteiger charge is -2.27. The van der Waals surface area contributed by atoms with Crippen LogP contribution in [-0.2, 0) is 34.9 Å². The normalized spacial score (nSPS) is 26.3. The molecule has 6 amide bonds. The van der Waals surface area contributed by atoms with Crippen molar-refractivity contribution in [3.8, 4) is 34.8 Å². The van der Waals surface area contributed by atoms with Gasteiger partial charge in [-0.2, -0.15) is 13.2 Å². The Kier molecular flexibility index (Phi) is 28.8. The van der Waals surface area contributed by atoms with Crippen molar-refractivity contribution in [2.45, 2.75) is 141 Å². The Labute approximate surface area is 819 Å². The first-order valence-electron chi connectivity index (χ1n) is 49.8. The summed E-state index contributed by atoms with van der Waals surface area (Å²) in [6.45, 7) is 36.8. The highest BCUT2D eigenvalue weighted by Crippen LogP contribution is 2.54. The van der Waals surface area contributed by atoms with E-state index in [0.29, 0.717) is 127 Å². The largest absolute Gasteiger partial charge is 0.489 e. The molecule has 32 nitrogen and oxygen atoms in total. The van der Waals surface area contributed by atoms with Crippen LogP contribution in [-0.4, -0.2) is 221 Å². The molecule has 7 aliphatic carbocycles. The van der Waals surface area contributed by atoms with Gasteiger partial charge in [-0.1, -0.05) is 54.6 Å². The third-order valence-electron chi connectivity index (χ3n) is 29.5. The summed E-state index contributed by atoms with van der Waals surface area (Å²) in [5.41, 5.74) is -1.01. The van der Waals surface area contributed by atoms with E-state index >= 15 is 0 Å². The summed E-state index contributed by atoms with van der Waals surface area (Å²) in [6.07, 6.45) is 14.6. The number of halogens is 3. The number of hydrogen-bond donors (Lipinski definition) is 12. The zero-order valence-corrected chi connectivity index (χ0v) is 82.3.